The number of nitrogens with zero attached hydrogens (tertiary/aromatic N) is 1. The van der Waals surface area contributed by atoms with Gasteiger partial charge in [0, 0.05) is 35.2 Å². The number of anilines is 3. The Morgan fingerprint density at radius 1 is 1.16 bits per heavy atom. The maximum atomic E-state index is 12.2. The Hall–Kier alpha value is -2.54. The van der Waals surface area contributed by atoms with E-state index in [0.717, 1.165) is 40.9 Å². The quantitative estimate of drug-likeness (QED) is 0.403. The summed E-state index contributed by atoms with van der Waals surface area (Å²) < 4.78 is 1.00. The van der Waals surface area contributed by atoms with Crippen LogP contribution in [0.15, 0.2) is 65.1 Å². The predicted octanol–water partition coefficient (Wildman–Crippen LogP) is 5.80. The summed E-state index contributed by atoms with van der Waals surface area (Å²) in [6, 6.07) is 19.2. The van der Waals surface area contributed by atoms with Crippen molar-refractivity contribution in [3.05, 3.63) is 75.7 Å². The van der Waals surface area contributed by atoms with Gasteiger partial charge in [-0.1, -0.05) is 41.9 Å². The van der Waals surface area contributed by atoms with Gasteiger partial charge in [-0.2, -0.15) is 0 Å². The van der Waals surface area contributed by atoms with Gasteiger partial charge in [0.05, 0.1) is 27.6 Å². The van der Waals surface area contributed by atoms with E-state index in [-0.39, 0.29) is 5.54 Å². The van der Waals surface area contributed by atoms with E-state index in [4.69, 9.17) is 17.3 Å². The number of carbonyl (C=O) groups excluding carboxylic acids is 1. The minimum Gasteiger partial charge on any atom is -0.368 e. The van der Waals surface area contributed by atoms with Crippen LogP contribution >= 0.6 is 27.5 Å². The van der Waals surface area contributed by atoms with E-state index in [1.807, 2.05) is 30.3 Å². The summed E-state index contributed by atoms with van der Waals surface area (Å²) in [4.78, 5) is 14.6. The van der Waals surface area contributed by atoms with Crippen LogP contribution in [0.5, 0.6) is 0 Å². The zero-order chi connectivity index (χ0) is 22.9. The fraction of sp³-hybridized carbons (Fsp3) is 0.240. The van der Waals surface area contributed by atoms with Gasteiger partial charge in [-0.05, 0) is 65.7 Å². The second kappa shape index (κ2) is 9.14. The summed E-state index contributed by atoms with van der Waals surface area (Å²) in [7, 11) is 0. The number of benzene rings is 3. The highest BCUT2D eigenvalue weighted by molar-refractivity contribution is 9.10. The van der Waals surface area contributed by atoms with Crippen molar-refractivity contribution in [3.63, 3.8) is 0 Å². The maximum absolute atomic E-state index is 12.2. The highest BCUT2D eigenvalue weighted by Crippen LogP contribution is 2.38. The molecule has 1 aliphatic rings. The molecule has 166 valence electrons. The van der Waals surface area contributed by atoms with Crippen LogP contribution in [-0.4, -0.2) is 31.1 Å². The number of rotatable bonds is 5. The van der Waals surface area contributed by atoms with Crippen molar-refractivity contribution in [1.82, 2.24) is 5.32 Å². The lowest BCUT2D eigenvalue weighted by molar-refractivity contribution is 0.100. The normalized spacial score (nSPS) is 15.4. The van der Waals surface area contributed by atoms with Crippen LogP contribution in [0.2, 0.25) is 5.02 Å². The second-order valence-corrected chi connectivity index (χ2v) is 9.86. The number of carbonyl (C=O) groups is 1. The number of nitrogens with one attached hydrogen (secondary N) is 2. The van der Waals surface area contributed by atoms with Crippen molar-refractivity contribution in [2.24, 2.45) is 5.73 Å². The van der Waals surface area contributed by atoms with Crippen molar-refractivity contribution in [2.45, 2.75) is 19.4 Å². The molecule has 32 heavy (non-hydrogen) atoms. The summed E-state index contributed by atoms with van der Waals surface area (Å²) in [6.45, 7) is 7.22. The first-order valence-corrected chi connectivity index (χ1v) is 11.7. The Bertz CT molecular complexity index is 1160. The summed E-state index contributed by atoms with van der Waals surface area (Å²) in [5, 5.41) is 7.44. The van der Waals surface area contributed by atoms with E-state index in [9.17, 15) is 4.79 Å². The molecule has 0 radical (unpaired) electrons. The number of amides is 1. The number of piperazine rings is 1. The van der Waals surface area contributed by atoms with Gasteiger partial charge in [0.25, 0.3) is 5.91 Å². The third-order valence-electron chi connectivity index (χ3n) is 5.63. The van der Waals surface area contributed by atoms with Crippen LogP contribution in [0.1, 0.15) is 24.2 Å². The zero-order valence-corrected chi connectivity index (χ0v) is 20.4. The average molecular weight is 514 g/mol. The standard InChI is InChI=1S/C25H26BrClN4O/c1-25(2)15-31(13-12-29-25)22-11-10-16(14-19(22)26)17-6-5-7-18(24(28)32)23(17)30-21-9-4-3-8-20(21)27/h3-11,14,29-30H,12-13,15H2,1-2H3,(H2,28,32). The number of nitrogens with two attached hydrogens (primary N) is 1. The van der Waals surface area contributed by atoms with E-state index in [1.165, 1.54) is 0 Å². The summed E-state index contributed by atoms with van der Waals surface area (Å²) in [5.41, 5.74) is 10.5. The summed E-state index contributed by atoms with van der Waals surface area (Å²) in [6.07, 6.45) is 0. The predicted molar refractivity (Wildman–Crippen MR) is 137 cm³/mol. The minimum absolute atomic E-state index is 0.0538. The number of primary amides is 1. The number of hydrogen-bond acceptors (Lipinski definition) is 4. The molecule has 1 aliphatic heterocycles. The number of para-hydroxylation sites is 2. The topological polar surface area (TPSA) is 70.4 Å². The van der Waals surface area contributed by atoms with Crippen molar-refractivity contribution in [2.75, 3.05) is 29.9 Å². The molecule has 1 fully saturated rings. The molecule has 0 bridgehead atoms. The van der Waals surface area contributed by atoms with Crippen molar-refractivity contribution in [1.29, 1.82) is 0 Å². The van der Waals surface area contributed by atoms with E-state index in [1.54, 1.807) is 12.1 Å². The zero-order valence-electron chi connectivity index (χ0n) is 18.1. The molecule has 5 nitrogen and oxygen atoms in total. The molecule has 0 atom stereocenters. The van der Waals surface area contributed by atoms with Crippen molar-refractivity contribution < 1.29 is 4.79 Å². The van der Waals surface area contributed by atoms with Crippen LogP contribution < -0.4 is 21.3 Å². The molecule has 0 aliphatic carbocycles. The van der Waals surface area contributed by atoms with Gasteiger partial charge in [0.15, 0.2) is 0 Å². The number of hydrogen-bond donors (Lipinski definition) is 3. The van der Waals surface area contributed by atoms with Crippen molar-refractivity contribution >= 4 is 50.5 Å². The Kier molecular flexibility index (Phi) is 6.47. The number of halogens is 2. The minimum atomic E-state index is -0.500. The Morgan fingerprint density at radius 2 is 1.94 bits per heavy atom. The highest BCUT2D eigenvalue weighted by Gasteiger charge is 2.27. The van der Waals surface area contributed by atoms with Gasteiger partial charge in [-0.15, -0.1) is 0 Å². The Labute approximate surface area is 202 Å². The van der Waals surface area contributed by atoms with Crippen LogP contribution in [0.25, 0.3) is 11.1 Å². The van der Waals surface area contributed by atoms with Gasteiger partial charge >= 0.3 is 0 Å². The lowest BCUT2D eigenvalue weighted by Gasteiger charge is -2.40. The van der Waals surface area contributed by atoms with Gasteiger partial charge in [-0.25, -0.2) is 0 Å². The molecule has 0 spiro atoms. The first-order chi connectivity index (χ1) is 15.2. The van der Waals surface area contributed by atoms with Gasteiger partial charge in [0.1, 0.15) is 0 Å². The molecular formula is C25H26BrClN4O. The molecule has 1 amide bonds. The molecule has 0 unspecified atom stereocenters. The first kappa shape index (κ1) is 22.6. The van der Waals surface area contributed by atoms with Crippen molar-refractivity contribution in [3.8, 4) is 11.1 Å². The third kappa shape index (κ3) is 4.77. The third-order valence-corrected chi connectivity index (χ3v) is 6.60. The summed E-state index contributed by atoms with van der Waals surface area (Å²) in [5.74, 6) is -0.500. The molecule has 0 saturated carbocycles. The average Bonchev–Trinajstić information content (AvgIpc) is 2.74. The van der Waals surface area contributed by atoms with E-state index in [0.29, 0.717) is 22.0 Å². The lowest BCUT2D eigenvalue weighted by atomic mass is 9.98. The van der Waals surface area contributed by atoms with Gasteiger partial charge < -0.3 is 21.3 Å². The second-order valence-electron chi connectivity index (χ2n) is 8.60. The molecule has 4 rings (SSSR count). The van der Waals surface area contributed by atoms with Gasteiger partial charge in [-0.3, -0.25) is 4.79 Å². The summed E-state index contributed by atoms with van der Waals surface area (Å²) >= 11 is 10.1. The van der Waals surface area contributed by atoms with E-state index >= 15 is 0 Å². The fourth-order valence-electron chi connectivity index (χ4n) is 4.11. The Balaban J connectivity index is 1.75. The maximum Gasteiger partial charge on any atom is 0.250 e. The van der Waals surface area contributed by atoms with E-state index in [2.05, 4.69) is 63.5 Å². The first-order valence-electron chi connectivity index (χ1n) is 10.5. The van der Waals surface area contributed by atoms with Crippen LogP contribution in [0.3, 0.4) is 0 Å². The van der Waals surface area contributed by atoms with Crippen LogP contribution in [0.4, 0.5) is 17.1 Å². The molecule has 7 heteroatoms. The molecule has 1 saturated heterocycles. The Morgan fingerprint density at radius 3 is 2.62 bits per heavy atom. The molecule has 1 heterocycles. The smallest absolute Gasteiger partial charge is 0.250 e. The monoisotopic (exact) mass is 512 g/mol. The molecule has 3 aromatic rings. The largest absolute Gasteiger partial charge is 0.368 e. The fourth-order valence-corrected chi connectivity index (χ4v) is 4.92. The van der Waals surface area contributed by atoms with Crippen LogP contribution in [-0.2, 0) is 0 Å². The lowest BCUT2D eigenvalue weighted by Crippen LogP contribution is -2.57. The molecular weight excluding hydrogens is 488 g/mol. The molecule has 4 N–H and O–H groups in total. The van der Waals surface area contributed by atoms with Crippen LogP contribution in [0, 0.1) is 0 Å². The molecule has 3 aromatic carbocycles. The molecule has 0 aromatic heterocycles. The highest BCUT2D eigenvalue weighted by atomic mass is 79.9. The van der Waals surface area contributed by atoms with Gasteiger partial charge in [0.2, 0.25) is 0 Å². The SMILES string of the molecule is CC1(C)CN(c2ccc(-c3cccc(C(N)=O)c3Nc3ccccc3Cl)cc2Br)CCN1. The van der Waals surface area contributed by atoms with E-state index < -0.39 is 5.91 Å².